The molecule has 34 heavy (non-hydrogen) atoms. The summed E-state index contributed by atoms with van der Waals surface area (Å²) >= 11 is 11.3. The maximum absolute atomic E-state index is 14.3. The average molecular weight is 580 g/mol. The molecule has 2 aromatic carbocycles. The molecule has 1 amide bonds. The Morgan fingerprint density at radius 1 is 1.18 bits per heavy atom. The fraction of sp³-hybridized carbons (Fsp3) is 0.320. The molecule has 1 aliphatic rings. The number of rotatable bonds is 7. The van der Waals surface area contributed by atoms with E-state index in [9.17, 15) is 4.79 Å². The van der Waals surface area contributed by atoms with Crippen molar-refractivity contribution < 1.29 is 4.79 Å². The molecule has 4 aromatic rings. The third-order valence-corrected chi connectivity index (χ3v) is 8.22. The minimum absolute atomic E-state index is 0. The van der Waals surface area contributed by atoms with Gasteiger partial charge in [0, 0.05) is 35.0 Å². The molecule has 2 heterocycles. The highest BCUT2D eigenvalue weighted by atomic mass is 79.9. The van der Waals surface area contributed by atoms with Gasteiger partial charge in [-0.3, -0.25) is 9.69 Å². The Bertz CT molecular complexity index is 1250. The van der Waals surface area contributed by atoms with Crippen LogP contribution in [0.1, 0.15) is 37.7 Å². The molecule has 0 saturated heterocycles. The second kappa shape index (κ2) is 10.8. The monoisotopic (exact) mass is 578 g/mol. The molecule has 1 saturated carbocycles. The zero-order chi connectivity index (χ0) is 22.8. The number of nitrogens with zero attached hydrogens (tertiary/aromatic N) is 4. The van der Waals surface area contributed by atoms with E-state index in [0.717, 1.165) is 64.0 Å². The van der Waals surface area contributed by atoms with Crippen LogP contribution >= 0.6 is 51.3 Å². The van der Waals surface area contributed by atoms with E-state index < -0.39 is 5.41 Å². The summed E-state index contributed by atoms with van der Waals surface area (Å²) in [5.74, 6) is 0.145. The molecular weight excluding hydrogens is 555 g/mol. The Balaban J connectivity index is 0.00000274. The van der Waals surface area contributed by atoms with Crippen molar-refractivity contribution in [2.45, 2.75) is 44.1 Å². The van der Waals surface area contributed by atoms with Crippen LogP contribution in [0, 0.1) is 0 Å². The third kappa shape index (κ3) is 5.03. The van der Waals surface area contributed by atoms with Gasteiger partial charge in [-0.1, -0.05) is 63.8 Å². The van der Waals surface area contributed by atoms with Crippen molar-refractivity contribution in [1.82, 2.24) is 14.5 Å². The number of amides is 1. The van der Waals surface area contributed by atoms with Crippen LogP contribution in [0.2, 0.25) is 5.02 Å². The van der Waals surface area contributed by atoms with Crippen LogP contribution in [0.3, 0.4) is 0 Å². The zero-order valence-corrected chi connectivity index (χ0v) is 22.5. The number of hydrogen-bond acceptors (Lipinski definition) is 4. The molecule has 0 bridgehead atoms. The molecule has 0 radical (unpaired) electrons. The maximum Gasteiger partial charge on any atom is 0.239 e. The van der Waals surface area contributed by atoms with Crippen LogP contribution in [0.15, 0.2) is 65.7 Å². The van der Waals surface area contributed by atoms with Crippen LogP contribution in [-0.4, -0.2) is 27.0 Å². The van der Waals surface area contributed by atoms with E-state index in [4.69, 9.17) is 16.6 Å². The van der Waals surface area contributed by atoms with Crippen molar-refractivity contribution >= 4 is 72.5 Å². The highest BCUT2D eigenvalue weighted by molar-refractivity contribution is 9.10. The number of thiazole rings is 1. The Morgan fingerprint density at radius 2 is 1.94 bits per heavy atom. The van der Waals surface area contributed by atoms with E-state index >= 15 is 0 Å². The lowest BCUT2D eigenvalue weighted by Gasteiger charge is -2.34. The van der Waals surface area contributed by atoms with Gasteiger partial charge in [0.1, 0.15) is 0 Å². The van der Waals surface area contributed by atoms with Crippen LogP contribution < -0.4 is 4.90 Å². The summed E-state index contributed by atoms with van der Waals surface area (Å²) < 4.78 is 4.12. The lowest BCUT2D eigenvalue weighted by Crippen LogP contribution is -2.46. The number of carbonyl (C=O) groups excluding carboxylic acids is 1. The summed E-state index contributed by atoms with van der Waals surface area (Å²) in [6, 6.07) is 13.9. The number of carbonyl (C=O) groups is 1. The number of anilines is 1. The van der Waals surface area contributed by atoms with Gasteiger partial charge in [0.15, 0.2) is 5.13 Å². The highest BCUT2D eigenvalue weighted by Gasteiger charge is 2.45. The largest absolute Gasteiger partial charge is 0.337 e. The van der Waals surface area contributed by atoms with Gasteiger partial charge in [-0.2, -0.15) is 0 Å². The van der Waals surface area contributed by atoms with E-state index in [1.807, 2.05) is 58.4 Å². The van der Waals surface area contributed by atoms with Gasteiger partial charge in [-0.25, -0.2) is 9.97 Å². The number of hydrogen-bond donors (Lipinski definition) is 0. The summed E-state index contributed by atoms with van der Waals surface area (Å²) in [6.07, 6.45) is 10.2. The second-order valence-corrected chi connectivity index (χ2v) is 10.9. The number of imidazole rings is 1. The lowest BCUT2D eigenvalue weighted by molar-refractivity contribution is -0.124. The average Bonchev–Trinajstić information content (AvgIpc) is 3.57. The van der Waals surface area contributed by atoms with Crippen molar-refractivity contribution in [1.29, 1.82) is 0 Å². The number of benzene rings is 2. The summed E-state index contributed by atoms with van der Waals surface area (Å²) in [7, 11) is 0. The van der Waals surface area contributed by atoms with Crippen LogP contribution in [-0.2, 0) is 16.8 Å². The topological polar surface area (TPSA) is 51.0 Å². The molecule has 1 aliphatic carbocycles. The zero-order valence-electron chi connectivity index (χ0n) is 18.5. The molecule has 9 heteroatoms. The van der Waals surface area contributed by atoms with Gasteiger partial charge in [-0.15, -0.1) is 12.4 Å². The lowest BCUT2D eigenvalue weighted by atomic mass is 9.77. The number of aryl methyl sites for hydroxylation is 1. The molecule has 0 atom stereocenters. The first-order valence-electron chi connectivity index (χ1n) is 11.1. The van der Waals surface area contributed by atoms with Gasteiger partial charge in [-0.05, 0) is 55.2 Å². The molecule has 0 unspecified atom stereocenters. The van der Waals surface area contributed by atoms with Crippen molar-refractivity contribution in [2.75, 3.05) is 11.4 Å². The quantitative estimate of drug-likeness (QED) is 0.231. The first kappa shape index (κ1) is 25.2. The van der Waals surface area contributed by atoms with Crippen molar-refractivity contribution in [2.24, 2.45) is 0 Å². The van der Waals surface area contributed by atoms with E-state index in [1.54, 1.807) is 17.5 Å². The number of halogens is 3. The number of aromatic nitrogens is 3. The Hall–Kier alpha value is -1.93. The predicted octanol–water partition coefficient (Wildman–Crippen LogP) is 7.27. The third-order valence-electron chi connectivity index (χ3n) is 6.44. The summed E-state index contributed by atoms with van der Waals surface area (Å²) in [5.41, 5.74) is 1.44. The molecule has 178 valence electrons. The van der Waals surface area contributed by atoms with Gasteiger partial charge >= 0.3 is 0 Å². The molecule has 1 fully saturated rings. The highest BCUT2D eigenvalue weighted by Crippen LogP contribution is 2.44. The summed E-state index contributed by atoms with van der Waals surface area (Å²) in [6.45, 7) is 1.40. The predicted molar refractivity (Wildman–Crippen MR) is 145 cm³/mol. The van der Waals surface area contributed by atoms with Crippen LogP contribution in [0.4, 0.5) is 5.13 Å². The minimum Gasteiger partial charge on any atom is -0.337 e. The normalized spacial score (nSPS) is 14.8. The fourth-order valence-electron chi connectivity index (χ4n) is 4.75. The smallest absolute Gasteiger partial charge is 0.239 e. The fourth-order valence-corrected chi connectivity index (χ4v) is 6.42. The van der Waals surface area contributed by atoms with E-state index in [0.29, 0.717) is 11.6 Å². The maximum atomic E-state index is 14.3. The Morgan fingerprint density at radius 3 is 2.65 bits per heavy atom. The summed E-state index contributed by atoms with van der Waals surface area (Å²) in [5, 5.41) is 1.45. The van der Waals surface area contributed by atoms with Gasteiger partial charge in [0.25, 0.3) is 0 Å². The molecular formula is C25H25BrCl2N4OS. The Labute approximate surface area is 222 Å². The first-order chi connectivity index (χ1) is 16.0. The summed E-state index contributed by atoms with van der Waals surface area (Å²) in [4.78, 5) is 25.2. The second-order valence-electron chi connectivity index (χ2n) is 8.52. The Kier molecular flexibility index (Phi) is 7.97. The standard InChI is InChI=1S/C25H24BrClN4OS.ClH/c26-19-6-9-21-22(16-19)33-24(29-21)31(14-3-13-30-15-12-28-17-30)23(32)25(10-1-2-11-25)18-4-7-20(27)8-5-18;/h4-9,12,15-17H,1-3,10-11,13-14H2;1H. The molecule has 5 rings (SSSR count). The van der Waals surface area contributed by atoms with Crippen LogP contribution in [0.25, 0.3) is 10.2 Å². The molecule has 0 N–H and O–H groups in total. The van der Waals surface area contributed by atoms with Crippen LogP contribution in [0.5, 0.6) is 0 Å². The molecule has 5 nitrogen and oxygen atoms in total. The molecule has 2 aromatic heterocycles. The van der Waals surface area contributed by atoms with Crippen molar-refractivity contribution in [3.63, 3.8) is 0 Å². The SMILES string of the molecule is Cl.O=C(N(CCCn1ccnc1)c1nc2ccc(Br)cc2s1)C1(c2ccc(Cl)cc2)CCCC1. The van der Waals surface area contributed by atoms with E-state index in [-0.39, 0.29) is 18.3 Å². The first-order valence-corrected chi connectivity index (χ1v) is 13.1. The van der Waals surface area contributed by atoms with Gasteiger partial charge < -0.3 is 4.57 Å². The molecule has 0 aliphatic heterocycles. The van der Waals surface area contributed by atoms with Crippen molar-refractivity contribution in [3.8, 4) is 0 Å². The molecule has 0 spiro atoms. The van der Waals surface area contributed by atoms with E-state index in [1.165, 1.54) is 0 Å². The van der Waals surface area contributed by atoms with Gasteiger partial charge in [0.05, 0.1) is 22.0 Å². The number of fused-ring (bicyclic) bond motifs is 1. The van der Waals surface area contributed by atoms with Gasteiger partial charge in [0.2, 0.25) is 5.91 Å². The van der Waals surface area contributed by atoms with E-state index in [2.05, 4.69) is 27.0 Å². The minimum atomic E-state index is -0.530. The van der Waals surface area contributed by atoms with Crippen molar-refractivity contribution in [3.05, 3.63) is 76.2 Å².